The van der Waals surface area contributed by atoms with Crippen molar-refractivity contribution in [2.24, 2.45) is 28.6 Å². The van der Waals surface area contributed by atoms with Crippen LogP contribution in [0, 0.1) is 28.6 Å². The minimum absolute atomic E-state index is 0.427. The van der Waals surface area contributed by atoms with Gasteiger partial charge in [0, 0.05) is 12.3 Å². The molecule has 0 aromatic rings. The van der Waals surface area contributed by atoms with Crippen molar-refractivity contribution in [2.75, 3.05) is 0 Å². The molecule has 3 saturated carbocycles. The maximum atomic E-state index is 12.1. The first-order chi connectivity index (χ1) is 7.42. The lowest BCUT2D eigenvalue weighted by Crippen LogP contribution is -2.47. The standard InChI is InChI=1S/C15H24O/c1-14(2)9-11-12(14)6-7-15(3)8-10(15)4-5-13(11)16/h10-12H,4-9H2,1-3H3/t10-,11?,12+,15-/m0/s1. The van der Waals surface area contributed by atoms with Crippen molar-refractivity contribution < 1.29 is 4.79 Å². The average Bonchev–Trinajstić information content (AvgIpc) is 2.82. The number of hydrogen-bond donors (Lipinski definition) is 0. The lowest BCUT2D eigenvalue weighted by molar-refractivity contribution is -0.137. The van der Waals surface area contributed by atoms with E-state index in [1.165, 1.54) is 25.7 Å². The second-order valence-corrected chi connectivity index (χ2v) is 7.50. The summed E-state index contributed by atoms with van der Waals surface area (Å²) in [5, 5.41) is 0. The first-order valence-electron chi connectivity index (χ1n) is 6.95. The number of hydrogen-bond acceptors (Lipinski definition) is 1. The molecule has 0 saturated heterocycles. The fraction of sp³-hybridized carbons (Fsp3) is 0.933. The van der Waals surface area contributed by atoms with E-state index in [-0.39, 0.29) is 0 Å². The van der Waals surface area contributed by atoms with Crippen molar-refractivity contribution in [3.63, 3.8) is 0 Å². The maximum Gasteiger partial charge on any atom is 0.136 e. The van der Waals surface area contributed by atoms with Gasteiger partial charge in [-0.05, 0) is 54.8 Å². The summed E-state index contributed by atoms with van der Waals surface area (Å²) < 4.78 is 0. The molecular weight excluding hydrogens is 196 g/mol. The van der Waals surface area contributed by atoms with Crippen LogP contribution >= 0.6 is 0 Å². The molecule has 16 heavy (non-hydrogen) atoms. The molecule has 0 aliphatic heterocycles. The van der Waals surface area contributed by atoms with Crippen LogP contribution in [0.1, 0.15) is 59.3 Å². The summed E-state index contributed by atoms with van der Waals surface area (Å²) in [5.74, 6) is 2.57. The van der Waals surface area contributed by atoms with E-state index >= 15 is 0 Å². The van der Waals surface area contributed by atoms with Crippen LogP contribution in [0.15, 0.2) is 0 Å². The molecule has 1 heteroatoms. The van der Waals surface area contributed by atoms with Gasteiger partial charge in [0.1, 0.15) is 5.78 Å². The predicted octanol–water partition coefficient (Wildman–Crippen LogP) is 3.82. The van der Waals surface area contributed by atoms with Crippen molar-refractivity contribution in [3.05, 3.63) is 0 Å². The highest BCUT2D eigenvalue weighted by Gasteiger charge is 2.55. The van der Waals surface area contributed by atoms with Gasteiger partial charge in [-0.2, -0.15) is 0 Å². The van der Waals surface area contributed by atoms with E-state index < -0.39 is 0 Å². The van der Waals surface area contributed by atoms with Gasteiger partial charge < -0.3 is 0 Å². The first-order valence-corrected chi connectivity index (χ1v) is 6.95. The Morgan fingerprint density at radius 3 is 2.56 bits per heavy atom. The molecule has 3 aliphatic rings. The minimum Gasteiger partial charge on any atom is -0.299 e. The molecule has 4 atom stereocenters. The summed E-state index contributed by atoms with van der Waals surface area (Å²) in [6, 6.07) is 0. The highest BCUT2D eigenvalue weighted by molar-refractivity contribution is 5.82. The van der Waals surface area contributed by atoms with E-state index in [2.05, 4.69) is 20.8 Å². The number of Topliss-reactive ketones (excluding diaryl/α,β-unsaturated/α-hetero) is 1. The molecule has 3 aliphatic carbocycles. The highest BCUT2D eigenvalue weighted by atomic mass is 16.1. The van der Waals surface area contributed by atoms with Gasteiger partial charge in [-0.1, -0.05) is 20.8 Å². The molecule has 0 spiro atoms. The minimum atomic E-state index is 0.427. The first kappa shape index (κ1) is 10.8. The molecule has 0 aromatic heterocycles. The summed E-state index contributed by atoms with van der Waals surface area (Å²) in [5.41, 5.74) is 1.05. The average molecular weight is 220 g/mol. The third-order valence-corrected chi connectivity index (χ3v) is 5.95. The van der Waals surface area contributed by atoms with Crippen molar-refractivity contribution >= 4 is 5.78 Å². The molecule has 90 valence electrons. The van der Waals surface area contributed by atoms with Crippen LogP contribution in [0.2, 0.25) is 0 Å². The van der Waals surface area contributed by atoms with E-state index in [0.29, 0.717) is 28.4 Å². The Hall–Kier alpha value is -0.330. The molecule has 3 rings (SSSR count). The van der Waals surface area contributed by atoms with Gasteiger partial charge in [0.15, 0.2) is 0 Å². The summed E-state index contributed by atoms with van der Waals surface area (Å²) in [6.45, 7) is 7.15. The normalized spacial score (nSPS) is 50.2. The van der Waals surface area contributed by atoms with Gasteiger partial charge in [-0.3, -0.25) is 4.79 Å². The molecule has 1 nitrogen and oxygen atoms in total. The monoisotopic (exact) mass is 220 g/mol. The van der Waals surface area contributed by atoms with Crippen LogP contribution in [0.3, 0.4) is 0 Å². The van der Waals surface area contributed by atoms with Crippen molar-refractivity contribution in [1.29, 1.82) is 0 Å². The molecule has 1 unspecified atom stereocenters. The van der Waals surface area contributed by atoms with Gasteiger partial charge in [0.05, 0.1) is 0 Å². The summed E-state index contributed by atoms with van der Waals surface area (Å²) in [4.78, 5) is 12.1. The number of ketones is 1. The highest BCUT2D eigenvalue weighted by Crippen LogP contribution is 2.62. The van der Waals surface area contributed by atoms with Crippen LogP contribution < -0.4 is 0 Å². The Morgan fingerprint density at radius 1 is 1.12 bits per heavy atom. The van der Waals surface area contributed by atoms with Gasteiger partial charge in [0.25, 0.3) is 0 Å². The van der Waals surface area contributed by atoms with Crippen LogP contribution in [-0.4, -0.2) is 5.78 Å². The zero-order valence-corrected chi connectivity index (χ0v) is 10.9. The van der Waals surface area contributed by atoms with Gasteiger partial charge in [-0.25, -0.2) is 0 Å². The smallest absolute Gasteiger partial charge is 0.136 e. The molecule has 0 heterocycles. The van der Waals surface area contributed by atoms with Crippen LogP contribution in [0.5, 0.6) is 0 Å². The fourth-order valence-electron chi connectivity index (χ4n) is 4.42. The number of carbonyl (C=O) groups is 1. The van der Waals surface area contributed by atoms with E-state index in [0.717, 1.165) is 18.8 Å². The lowest BCUT2D eigenvalue weighted by atomic mass is 9.52. The Kier molecular flexibility index (Phi) is 2.10. The largest absolute Gasteiger partial charge is 0.299 e. The molecule has 0 radical (unpaired) electrons. The SMILES string of the molecule is CC1(C)CC2C(=O)CC[C@H]3C[C@]3(C)CC[C@H]21. The van der Waals surface area contributed by atoms with Crippen LogP contribution in [0.4, 0.5) is 0 Å². The Bertz CT molecular complexity index is 330. The number of fused-ring (bicyclic) bond motifs is 2. The molecule has 0 amide bonds. The van der Waals surface area contributed by atoms with Crippen molar-refractivity contribution in [3.8, 4) is 0 Å². The summed E-state index contributed by atoms with van der Waals surface area (Å²) >= 11 is 0. The summed E-state index contributed by atoms with van der Waals surface area (Å²) in [7, 11) is 0. The Morgan fingerprint density at radius 2 is 1.88 bits per heavy atom. The predicted molar refractivity (Wildman–Crippen MR) is 65.1 cm³/mol. The fourth-order valence-corrected chi connectivity index (χ4v) is 4.42. The Balaban J connectivity index is 1.78. The maximum absolute atomic E-state index is 12.1. The van der Waals surface area contributed by atoms with E-state index in [1.54, 1.807) is 0 Å². The molecular formula is C15H24O. The molecule has 0 aromatic carbocycles. The lowest BCUT2D eigenvalue weighted by Gasteiger charge is -2.51. The van der Waals surface area contributed by atoms with Crippen LogP contribution in [-0.2, 0) is 4.79 Å². The Labute approximate surface area is 99.0 Å². The number of carbonyl (C=O) groups excluding carboxylic acids is 1. The zero-order valence-electron chi connectivity index (χ0n) is 10.9. The topological polar surface area (TPSA) is 17.1 Å². The van der Waals surface area contributed by atoms with E-state index in [9.17, 15) is 4.79 Å². The molecule has 0 bridgehead atoms. The van der Waals surface area contributed by atoms with Gasteiger partial charge >= 0.3 is 0 Å². The van der Waals surface area contributed by atoms with E-state index in [4.69, 9.17) is 0 Å². The van der Waals surface area contributed by atoms with Gasteiger partial charge in [0.2, 0.25) is 0 Å². The second kappa shape index (κ2) is 3.11. The van der Waals surface area contributed by atoms with Crippen molar-refractivity contribution in [2.45, 2.75) is 59.3 Å². The third-order valence-electron chi connectivity index (χ3n) is 5.95. The van der Waals surface area contributed by atoms with Crippen LogP contribution in [0.25, 0.3) is 0 Å². The third kappa shape index (κ3) is 1.47. The zero-order chi connectivity index (χ0) is 11.6. The second-order valence-electron chi connectivity index (χ2n) is 7.50. The van der Waals surface area contributed by atoms with Crippen molar-refractivity contribution in [1.82, 2.24) is 0 Å². The van der Waals surface area contributed by atoms with Gasteiger partial charge in [-0.15, -0.1) is 0 Å². The number of rotatable bonds is 0. The molecule has 3 fully saturated rings. The molecule has 0 N–H and O–H groups in total. The van der Waals surface area contributed by atoms with E-state index in [1.807, 2.05) is 0 Å². The summed E-state index contributed by atoms with van der Waals surface area (Å²) in [6.07, 6.45) is 7.26. The quantitative estimate of drug-likeness (QED) is 0.606.